The summed E-state index contributed by atoms with van der Waals surface area (Å²) in [5.74, 6) is -0.914. The molecule has 0 aromatic carbocycles. The Morgan fingerprint density at radius 1 is 1.29 bits per heavy atom. The van der Waals surface area contributed by atoms with Gasteiger partial charge in [-0.3, -0.25) is 9.59 Å². The van der Waals surface area contributed by atoms with E-state index >= 15 is 0 Å². The van der Waals surface area contributed by atoms with Crippen molar-refractivity contribution in [3.8, 4) is 0 Å². The van der Waals surface area contributed by atoms with Crippen molar-refractivity contribution in [3.63, 3.8) is 0 Å². The van der Waals surface area contributed by atoms with Crippen LogP contribution in [0.15, 0.2) is 12.2 Å². The van der Waals surface area contributed by atoms with Crippen LogP contribution in [0.25, 0.3) is 0 Å². The van der Waals surface area contributed by atoms with Crippen molar-refractivity contribution in [2.24, 2.45) is 5.92 Å². The minimum Gasteiger partial charge on any atom is -0.452 e. The highest BCUT2D eigenvalue weighted by Crippen LogP contribution is 2.20. The van der Waals surface area contributed by atoms with Gasteiger partial charge < -0.3 is 10.1 Å². The number of hydrogen-bond acceptors (Lipinski definition) is 5. The van der Waals surface area contributed by atoms with Gasteiger partial charge in [0.2, 0.25) is 0 Å². The van der Waals surface area contributed by atoms with Gasteiger partial charge in [-0.25, -0.2) is 8.42 Å². The average molecular weight is 315 g/mol. The zero-order valence-electron chi connectivity index (χ0n) is 12.1. The molecule has 7 heteroatoms. The number of amides is 1. The molecule has 0 bridgehead atoms. The summed E-state index contributed by atoms with van der Waals surface area (Å²) in [5, 5.41) is 2.63. The van der Waals surface area contributed by atoms with Crippen molar-refractivity contribution < 1.29 is 22.7 Å². The topological polar surface area (TPSA) is 89.5 Å². The van der Waals surface area contributed by atoms with Crippen LogP contribution in [-0.2, 0) is 24.2 Å². The van der Waals surface area contributed by atoms with Crippen LogP contribution >= 0.6 is 0 Å². The van der Waals surface area contributed by atoms with E-state index in [-0.39, 0.29) is 29.4 Å². The van der Waals surface area contributed by atoms with Gasteiger partial charge in [0.15, 0.2) is 15.9 Å². The zero-order valence-corrected chi connectivity index (χ0v) is 12.9. The molecule has 1 fully saturated rings. The number of esters is 1. The van der Waals surface area contributed by atoms with Crippen LogP contribution in [0.4, 0.5) is 0 Å². The number of rotatable bonds is 4. The first-order chi connectivity index (χ1) is 9.87. The SMILES string of the molecule is C[C@H](OC(=O)[C@H]1CC=CCC1)C(=O)N[C@@H]1CCS(=O)(=O)C1. The maximum Gasteiger partial charge on any atom is 0.310 e. The van der Waals surface area contributed by atoms with Gasteiger partial charge in [-0.2, -0.15) is 0 Å². The number of sulfone groups is 1. The van der Waals surface area contributed by atoms with E-state index in [2.05, 4.69) is 5.32 Å². The summed E-state index contributed by atoms with van der Waals surface area (Å²) in [6.45, 7) is 1.51. The molecular weight excluding hydrogens is 294 g/mol. The van der Waals surface area contributed by atoms with Crippen molar-refractivity contribution in [1.29, 1.82) is 0 Å². The van der Waals surface area contributed by atoms with Gasteiger partial charge in [0.05, 0.1) is 17.4 Å². The summed E-state index contributed by atoms with van der Waals surface area (Å²) in [7, 11) is -3.04. The smallest absolute Gasteiger partial charge is 0.310 e. The summed E-state index contributed by atoms with van der Waals surface area (Å²) in [4.78, 5) is 23.9. The van der Waals surface area contributed by atoms with E-state index in [4.69, 9.17) is 4.74 Å². The lowest BCUT2D eigenvalue weighted by Crippen LogP contribution is -2.43. The fourth-order valence-corrected chi connectivity index (χ4v) is 4.23. The summed E-state index contributed by atoms with van der Waals surface area (Å²) < 4.78 is 27.8. The second-order valence-corrected chi connectivity index (χ2v) is 7.90. The second-order valence-electron chi connectivity index (χ2n) is 5.67. The number of carbonyl (C=O) groups excluding carboxylic acids is 2. The molecule has 6 nitrogen and oxygen atoms in total. The normalized spacial score (nSPS) is 28.8. The average Bonchev–Trinajstić information content (AvgIpc) is 2.78. The van der Waals surface area contributed by atoms with Crippen LogP contribution in [0.2, 0.25) is 0 Å². The Morgan fingerprint density at radius 2 is 2.05 bits per heavy atom. The molecule has 21 heavy (non-hydrogen) atoms. The van der Waals surface area contributed by atoms with Crippen LogP contribution in [-0.4, -0.2) is 43.9 Å². The van der Waals surface area contributed by atoms with E-state index in [0.717, 1.165) is 12.8 Å². The standard InChI is InChI=1S/C14H21NO5S/c1-10(20-14(17)11-5-3-2-4-6-11)13(16)15-12-7-8-21(18,19)9-12/h2-3,10-12H,4-9H2,1H3,(H,15,16)/t10-,11-,12+/m0/s1. The Kier molecular flexibility index (Phi) is 5.03. The first kappa shape index (κ1) is 16.0. The highest BCUT2D eigenvalue weighted by molar-refractivity contribution is 7.91. The molecule has 0 aromatic heterocycles. The fourth-order valence-electron chi connectivity index (χ4n) is 2.56. The van der Waals surface area contributed by atoms with Crippen LogP contribution < -0.4 is 5.32 Å². The molecule has 0 spiro atoms. The van der Waals surface area contributed by atoms with Crippen molar-refractivity contribution in [1.82, 2.24) is 5.32 Å². The molecule has 2 aliphatic rings. The Hall–Kier alpha value is -1.37. The molecule has 3 atom stereocenters. The quantitative estimate of drug-likeness (QED) is 0.605. The Morgan fingerprint density at radius 3 is 2.62 bits per heavy atom. The molecule has 2 rings (SSSR count). The summed E-state index contributed by atoms with van der Waals surface area (Å²) in [6.07, 6.45) is 5.73. The van der Waals surface area contributed by atoms with E-state index in [1.165, 1.54) is 6.92 Å². The summed E-state index contributed by atoms with van der Waals surface area (Å²) >= 11 is 0. The molecule has 1 aliphatic heterocycles. The molecule has 118 valence electrons. The zero-order chi connectivity index (χ0) is 15.5. The first-order valence-corrected chi connectivity index (χ1v) is 9.06. The molecule has 1 saturated heterocycles. The van der Waals surface area contributed by atoms with Gasteiger partial charge in [0, 0.05) is 6.04 Å². The third-order valence-corrected chi connectivity index (χ3v) is 5.61. The van der Waals surface area contributed by atoms with Gasteiger partial charge in [0.1, 0.15) is 0 Å². The van der Waals surface area contributed by atoms with Gasteiger partial charge in [-0.15, -0.1) is 0 Å². The number of nitrogens with one attached hydrogen (secondary N) is 1. The van der Waals surface area contributed by atoms with Crippen molar-refractivity contribution >= 4 is 21.7 Å². The lowest BCUT2D eigenvalue weighted by atomic mass is 9.95. The van der Waals surface area contributed by atoms with E-state index in [1.54, 1.807) is 0 Å². The number of allylic oxidation sites excluding steroid dienone is 2. The van der Waals surface area contributed by atoms with E-state index in [1.807, 2.05) is 12.2 Å². The fraction of sp³-hybridized carbons (Fsp3) is 0.714. The molecule has 1 amide bonds. The minimum atomic E-state index is -3.04. The van der Waals surface area contributed by atoms with Crippen molar-refractivity contribution in [2.45, 2.75) is 44.8 Å². The Labute approximate surface area is 124 Å². The largest absolute Gasteiger partial charge is 0.452 e. The molecule has 0 radical (unpaired) electrons. The third kappa shape index (κ3) is 4.56. The highest BCUT2D eigenvalue weighted by atomic mass is 32.2. The number of ether oxygens (including phenoxy) is 1. The van der Waals surface area contributed by atoms with Crippen LogP contribution in [0.3, 0.4) is 0 Å². The van der Waals surface area contributed by atoms with Gasteiger partial charge in [0.25, 0.3) is 5.91 Å². The summed E-state index contributed by atoms with van der Waals surface area (Å²) in [5.41, 5.74) is 0. The predicted octanol–water partition coefficient (Wildman–Crippen LogP) is 0.578. The Bertz CT molecular complexity index is 540. The van der Waals surface area contributed by atoms with Gasteiger partial charge >= 0.3 is 5.97 Å². The lowest BCUT2D eigenvalue weighted by molar-refractivity contribution is -0.159. The third-order valence-electron chi connectivity index (χ3n) is 3.84. The molecule has 0 saturated carbocycles. The number of carbonyl (C=O) groups is 2. The van der Waals surface area contributed by atoms with E-state index in [0.29, 0.717) is 12.8 Å². The predicted molar refractivity (Wildman–Crippen MR) is 77.2 cm³/mol. The van der Waals surface area contributed by atoms with Crippen molar-refractivity contribution in [3.05, 3.63) is 12.2 Å². The first-order valence-electron chi connectivity index (χ1n) is 7.23. The minimum absolute atomic E-state index is 0.0349. The van der Waals surface area contributed by atoms with Crippen molar-refractivity contribution in [2.75, 3.05) is 11.5 Å². The van der Waals surface area contributed by atoms with Crippen LogP contribution in [0.1, 0.15) is 32.6 Å². The summed E-state index contributed by atoms with van der Waals surface area (Å²) in [6, 6.07) is -0.374. The van der Waals surface area contributed by atoms with Crippen LogP contribution in [0.5, 0.6) is 0 Å². The Balaban J connectivity index is 1.79. The highest BCUT2D eigenvalue weighted by Gasteiger charge is 2.31. The molecule has 1 aliphatic carbocycles. The second kappa shape index (κ2) is 6.60. The van der Waals surface area contributed by atoms with E-state index < -0.39 is 21.8 Å². The lowest BCUT2D eigenvalue weighted by Gasteiger charge is -2.20. The molecule has 1 heterocycles. The van der Waals surface area contributed by atoms with Crippen LogP contribution in [0, 0.1) is 5.92 Å². The molecular formula is C14H21NO5S. The molecule has 0 unspecified atom stereocenters. The monoisotopic (exact) mass is 315 g/mol. The van der Waals surface area contributed by atoms with E-state index in [9.17, 15) is 18.0 Å². The maximum atomic E-state index is 11.9. The maximum absolute atomic E-state index is 11.9. The van der Waals surface area contributed by atoms with Gasteiger partial charge in [-0.05, 0) is 32.6 Å². The molecule has 1 N–H and O–H groups in total. The molecule has 0 aromatic rings. The van der Waals surface area contributed by atoms with Gasteiger partial charge in [-0.1, -0.05) is 12.2 Å². The number of hydrogen-bond donors (Lipinski definition) is 1.